The van der Waals surface area contributed by atoms with Gasteiger partial charge in [-0.2, -0.15) is 0 Å². The van der Waals surface area contributed by atoms with Crippen molar-refractivity contribution < 1.29 is 0 Å². The maximum Gasteiger partial charge on any atom is 0.226 e. The highest BCUT2D eigenvalue weighted by atomic mass is 28.3. The molecule has 0 atom stereocenters. The fraction of sp³-hybridized carbons (Fsp3) is 0.500. The molecule has 15 heavy (non-hydrogen) atoms. The second kappa shape index (κ2) is 5.33. The largest absolute Gasteiger partial charge is 0.399 e. The van der Waals surface area contributed by atoms with Crippen molar-refractivity contribution in [1.29, 1.82) is 0 Å². The molecule has 0 aromatic heterocycles. The molecule has 0 fully saturated rings. The minimum absolute atomic E-state index is 1.12. The Morgan fingerprint density at radius 1 is 1.07 bits per heavy atom. The molecule has 0 unspecified atom stereocenters. The van der Waals surface area contributed by atoms with Crippen LogP contribution in [0, 0.1) is 0 Å². The molecule has 0 aliphatic carbocycles. The van der Waals surface area contributed by atoms with Crippen molar-refractivity contribution in [2.75, 3.05) is 18.1 Å². The molecule has 0 saturated carbocycles. The Hall–Kier alpha value is -0.803. The van der Waals surface area contributed by atoms with E-state index >= 15 is 0 Å². The Kier molecular flexibility index (Phi) is 4.36. The van der Waals surface area contributed by atoms with Gasteiger partial charge in [0.25, 0.3) is 0 Å². The van der Waals surface area contributed by atoms with Crippen molar-refractivity contribution in [1.82, 2.24) is 4.57 Å². The quantitative estimate of drug-likeness (QED) is 0.770. The highest BCUT2D eigenvalue weighted by molar-refractivity contribution is 6.77. The Bertz CT molecular complexity index is 281. The fourth-order valence-electron chi connectivity index (χ4n) is 1.97. The molecule has 1 aromatic carbocycles. The van der Waals surface area contributed by atoms with Crippen LogP contribution in [0.5, 0.6) is 0 Å². The molecule has 0 aliphatic rings. The van der Waals surface area contributed by atoms with Crippen LogP contribution in [0.15, 0.2) is 30.3 Å². The first-order valence-electron chi connectivity index (χ1n) is 5.68. The van der Waals surface area contributed by atoms with Gasteiger partial charge in [-0.3, -0.25) is 0 Å². The summed E-state index contributed by atoms with van der Waals surface area (Å²) >= 11 is 0. The molecular formula is C12H22N2Si. The zero-order valence-electron chi connectivity index (χ0n) is 10.2. The van der Waals surface area contributed by atoms with Crippen LogP contribution in [0.1, 0.15) is 13.8 Å². The number of anilines is 1. The molecular weight excluding hydrogens is 200 g/mol. The second-order valence-corrected chi connectivity index (χ2v) is 8.22. The predicted molar refractivity (Wildman–Crippen MR) is 70.5 cm³/mol. The molecule has 0 saturated heterocycles. The predicted octanol–water partition coefficient (Wildman–Crippen LogP) is 3.14. The minimum atomic E-state index is -1.49. The molecule has 84 valence electrons. The van der Waals surface area contributed by atoms with Gasteiger partial charge in [0.15, 0.2) is 0 Å². The summed E-state index contributed by atoms with van der Waals surface area (Å²) < 4.78 is 2.54. The zero-order chi connectivity index (χ0) is 11.3. The van der Waals surface area contributed by atoms with E-state index in [1.54, 1.807) is 0 Å². The van der Waals surface area contributed by atoms with E-state index in [0.29, 0.717) is 0 Å². The van der Waals surface area contributed by atoms with Gasteiger partial charge in [0.05, 0.1) is 0 Å². The molecule has 1 N–H and O–H groups in total. The first-order chi connectivity index (χ1) is 7.10. The van der Waals surface area contributed by atoms with Crippen LogP contribution in [-0.4, -0.2) is 26.1 Å². The van der Waals surface area contributed by atoms with E-state index in [4.69, 9.17) is 0 Å². The van der Waals surface area contributed by atoms with Gasteiger partial charge < -0.3 is 9.55 Å². The van der Waals surface area contributed by atoms with Gasteiger partial charge in [-0.25, -0.2) is 0 Å². The lowest BCUT2D eigenvalue weighted by Crippen LogP contribution is -2.55. The van der Waals surface area contributed by atoms with E-state index in [1.165, 1.54) is 5.69 Å². The lowest BCUT2D eigenvalue weighted by Gasteiger charge is -2.36. The number of rotatable bonds is 5. The Morgan fingerprint density at radius 2 is 1.60 bits per heavy atom. The lowest BCUT2D eigenvalue weighted by molar-refractivity contribution is 0.470. The van der Waals surface area contributed by atoms with E-state index in [0.717, 1.165) is 13.1 Å². The summed E-state index contributed by atoms with van der Waals surface area (Å²) in [6.07, 6.45) is 0. The standard InChI is InChI=1S/C12H22N2Si/c1-5-14(6-2)15(3,4)13-12-10-8-7-9-11-12/h7-11,13H,5-6H2,1-4H3. The van der Waals surface area contributed by atoms with E-state index in [2.05, 4.69) is 66.8 Å². The minimum Gasteiger partial charge on any atom is -0.399 e. The van der Waals surface area contributed by atoms with E-state index in [9.17, 15) is 0 Å². The van der Waals surface area contributed by atoms with Gasteiger partial charge in [0.2, 0.25) is 8.40 Å². The van der Waals surface area contributed by atoms with E-state index in [-0.39, 0.29) is 0 Å². The fourth-order valence-corrected chi connectivity index (χ4v) is 4.58. The lowest BCUT2D eigenvalue weighted by atomic mass is 10.3. The molecule has 0 heterocycles. The van der Waals surface area contributed by atoms with Gasteiger partial charge in [0.1, 0.15) is 0 Å². The van der Waals surface area contributed by atoms with Crippen LogP contribution >= 0.6 is 0 Å². The second-order valence-electron chi connectivity index (χ2n) is 4.22. The highest BCUT2D eigenvalue weighted by Crippen LogP contribution is 2.14. The van der Waals surface area contributed by atoms with Crippen LogP contribution in [0.25, 0.3) is 0 Å². The molecule has 1 rings (SSSR count). The normalized spacial score (nSPS) is 11.8. The number of nitrogens with one attached hydrogen (secondary N) is 1. The van der Waals surface area contributed by atoms with Crippen molar-refractivity contribution in [3.8, 4) is 0 Å². The molecule has 0 amide bonds. The summed E-state index contributed by atoms with van der Waals surface area (Å²) in [4.78, 5) is 3.68. The van der Waals surface area contributed by atoms with E-state index < -0.39 is 8.40 Å². The highest BCUT2D eigenvalue weighted by Gasteiger charge is 2.27. The summed E-state index contributed by atoms with van der Waals surface area (Å²) in [5, 5.41) is 0. The molecule has 0 spiro atoms. The third-order valence-corrected chi connectivity index (χ3v) is 5.89. The average molecular weight is 222 g/mol. The van der Waals surface area contributed by atoms with Crippen LogP contribution in [0.4, 0.5) is 5.69 Å². The Balaban J connectivity index is 2.71. The Morgan fingerprint density at radius 3 is 2.07 bits per heavy atom. The third kappa shape index (κ3) is 3.36. The van der Waals surface area contributed by atoms with Crippen molar-refractivity contribution in [2.24, 2.45) is 0 Å². The maximum absolute atomic E-state index is 3.68. The van der Waals surface area contributed by atoms with Crippen molar-refractivity contribution in [2.45, 2.75) is 26.9 Å². The summed E-state index contributed by atoms with van der Waals surface area (Å²) in [6.45, 7) is 11.4. The molecule has 0 radical (unpaired) electrons. The van der Waals surface area contributed by atoms with Gasteiger partial charge in [-0.05, 0) is 38.3 Å². The topological polar surface area (TPSA) is 15.3 Å². The maximum atomic E-state index is 3.68. The summed E-state index contributed by atoms with van der Waals surface area (Å²) in [5.74, 6) is 0. The summed E-state index contributed by atoms with van der Waals surface area (Å²) in [7, 11) is -1.49. The van der Waals surface area contributed by atoms with Crippen LogP contribution in [0.2, 0.25) is 13.1 Å². The first-order valence-corrected chi connectivity index (χ1v) is 8.63. The number of benzene rings is 1. The summed E-state index contributed by atoms with van der Waals surface area (Å²) in [6, 6.07) is 10.5. The molecule has 1 aromatic rings. The van der Waals surface area contributed by atoms with Crippen molar-refractivity contribution >= 4 is 14.1 Å². The number of hydrogen-bond acceptors (Lipinski definition) is 2. The monoisotopic (exact) mass is 222 g/mol. The smallest absolute Gasteiger partial charge is 0.226 e. The number of nitrogens with zero attached hydrogens (tertiary/aromatic N) is 1. The SMILES string of the molecule is CCN(CC)[Si](C)(C)Nc1ccccc1. The number of hydrogen-bond donors (Lipinski definition) is 1. The van der Waals surface area contributed by atoms with Crippen LogP contribution < -0.4 is 4.98 Å². The van der Waals surface area contributed by atoms with Crippen LogP contribution in [0.3, 0.4) is 0 Å². The van der Waals surface area contributed by atoms with Gasteiger partial charge in [-0.15, -0.1) is 0 Å². The van der Waals surface area contributed by atoms with Gasteiger partial charge in [-0.1, -0.05) is 32.0 Å². The first kappa shape index (κ1) is 12.3. The molecule has 0 bridgehead atoms. The molecule has 3 heteroatoms. The number of para-hydroxylation sites is 1. The van der Waals surface area contributed by atoms with Gasteiger partial charge >= 0.3 is 0 Å². The van der Waals surface area contributed by atoms with Crippen LogP contribution in [-0.2, 0) is 0 Å². The summed E-state index contributed by atoms with van der Waals surface area (Å²) in [5.41, 5.74) is 1.24. The Labute approximate surface area is 94.5 Å². The molecule has 0 aliphatic heterocycles. The molecule has 2 nitrogen and oxygen atoms in total. The van der Waals surface area contributed by atoms with Crippen molar-refractivity contribution in [3.05, 3.63) is 30.3 Å². The van der Waals surface area contributed by atoms with Crippen molar-refractivity contribution in [3.63, 3.8) is 0 Å². The van der Waals surface area contributed by atoms with E-state index in [1.807, 2.05) is 0 Å². The average Bonchev–Trinajstić information content (AvgIpc) is 2.19. The van der Waals surface area contributed by atoms with Gasteiger partial charge in [0, 0.05) is 5.69 Å². The third-order valence-electron chi connectivity index (χ3n) is 2.78. The zero-order valence-corrected chi connectivity index (χ0v) is 11.2.